The van der Waals surface area contributed by atoms with Gasteiger partial charge in [-0.2, -0.15) is 0 Å². The second-order valence-electron chi connectivity index (χ2n) is 4.65. The molecule has 0 saturated carbocycles. The molecule has 0 saturated heterocycles. The van der Waals surface area contributed by atoms with Crippen LogP contribution in [0.15, 0.2) is 22.6 Å². The fraction of sp³-hybridized carbons (Fsp3) is 0.471. The van der Waals surface area contributed by atoms with E-state index >= 15 is 0 Å². The summed E-state index contributed by atoms with van der Waals surface area (Å²) in [5.41, 5.74) is 2.83. The van der Waals surface area contributed by atoms with E-state index in [9.17, 15) is 0 Å². The number of nitrogens with zero attached hydrogens (tertiary/aromatic N) is 3. The normalized spacial score (nSPS) is 10.0. The first-order valence-electron chi connectivity index (χ1n) is 7.93. The lowest BCUT2D eigenvalue weighted by molar-refractivity contribution is 0.481. The maximum Gasteiger partial charge on any atom is 0.247 e. The Bertz CT molecular complexity index is 698. The molecule has 3 aromatic rings. The van der Waals surface area contributed by atoms with Gasteiger partial charge in [0.1, 0.15) is 5.82 Å². The monoisotopic (exact) mass is 302 g/mol. The first kappa shape index (κ1) is 17.9. The molecule has 0 spiro atoms. The number of aryl methyl sites for hydroxylation is 1. The third kappa shape index (κ3) is 3.93. The van der Waals surface area contributed by atoms with Gasteiger partial charge >= 0.3 is 0 Å². The van der Waals surface area contributed by atoms with Crippen molar-refractivity contribution < 1.29 is 4.42 Å². The van der Waals surface area contributed by atoms with Crippen molar-refractivity contribution in [1.29, 1.82) is 0 Å². The Hall–Kier alpha value is -2.17. The molecule has 22 heavy (non-hydrogen) atoms. The van der Waals surface area contributed by atoms with Crippen LogP contribution in [0, 0.1) is 6.92 Å². The van der Waals surface area contributed by atoms with E-state index in [2.05, 4.69) is 20.2 Å². The van der Waals surface area contributed by atoms with Crippen LogP contribution in [0.25, 0.3) is 22.5 Å². The van der Waals surface area contributed by atoms with Crippen molar-refractivity contribution in [3.05, 3.63) is 29.9 Å². The number of rotatable bonds is 2. The molecule has 2 aromatic heterocycles. The SMILES string of the molecule is CC.CC.Cc1nc2ccc(-c3nnc(C(C)C)o3)cc2[nH]1. The number of benzene rings is 1. The molecule has 0 atom stereocenters. The standard InChI is InChI=1S/C13H14N4O.2C2H6/c1-7(2)12-16-17-13(18-12)9-4-5-10-11(6-9)15-8(3)14-10;2*1-2/h4-7H,1-3H3,(H,14,15);2*1-2H3. The molecular weight excluding hydrogens is 276 g/mol. The van der Waals surface area contributed by atoms with Crippen molar-refractivity contribution in [2.75, 3.05) is 0 Å². The Morgan fingerprint density at radius 3 is 2.32 bits per heavy atom. The van der Waals surface area contributed by atoms with Gasteiger partial charge in [-0.05, 0) is 25.1 Å². The summed E-state index contributed by atoms with van der Waals surface area (Å²) in [6, 6.07) is 5.88. The lowest BCUT2D eigenvalue weighted by Gasteiger charge is -1.96. The molecule has 0 amide bonds. The second-order valence-corrected chi connectivity index (χ2v) is 4.65. The van der Waals surface area contributed by atoms with Crippen molar-refractivity contribution in [2.45, 2.75) is 54.4 Å². The summed E-state index contributed by atoms with van der Waals surface area (Å²) in [5.74, 6) is 2.35. The molecule has 1 N–H and O–H groups in total. The van der Waals surface area contributed by atoms with Crippen LogP contribution in [0.1, 0.15) is 59.2 Å². The minimum absolute atomic E-state index is 0.240. The Labute approximate surface area is 132 Å². The zero-order valence-electron chi connectivity index (χ0n) is 14.6. The van der Waals surface area contributed by atoms with Crippen molar-refractivity contribution >= 4 is 11.0 Å². The lowest BCUT2D eigenvalue weighted by Crippen LogP contribution is -1.85. The Morgan fingerprint density at radius 1 is 1.05 bits per heavy atom. The van der Waals surface area contributed by atoms with Gasteiger partial charge in [-0.15, -0.1) is 10.2 Å². The van der Waals surface area contributed by atoms with Gasteiger partial charge in [-0.25, -0.2) is 4.98 Å². The van der Waals surface area contributed by atoms with Crippen molar-refractivity contribution in [2.24, 2.45) is 0 Å². The van der Waals surface area contributed by atoms with E-state index in [0.29, 0.717) is 11.8 Å². The van der Waals surface area contributed by atoms with Crippen LogP contribution < -0.4 is 0 Å². The highest BCUT2D eigenvalue weighted by atomic mass is 16.4. The number of fused-ring (bicyclic) bond motifs is 1. The minimum atomic E-state index is 0.240. The molecule has 0 radical (unpaired) electrons. The highest BCUT2D eigenvalue weighted by Gasteiger charge is 2.12. The average molecular weight is 302 g/mol. The second kappa shape index (κ2) is 8.32. The van der Waals surface area contributed by atoms with E-state index in [1.165, 1.54) is 0 Å². The molecule has 0 aliphatic rings. The fourth-order valence-corrected chi connectivity index (χ4v) is 1.85. The summed E-state index contributed by atoms with van der Waals surface area (Å²) < 4.78 is 5.63. The van der Waals surface area contributed by atoms with Crippen LogP contribution in [0.3, 0.4) is 0 Å². The Morgan fingerprint density at radius 2 is 1.73 bits per heavy atom. The number of imidazole rings is 1. The molecule has 0 fully saturated rings. The Balaban J connectivity index is 0.000000561. The van der Waals surface area contributed by atoms with Crippen molar-refractivity contribution in [1.82, 2.24) is 20.2 Å². The maximum absolute atomic E-state index is 5.63. The number of nitrogens with one attached hydrogen (secondary N) is 1. The van der Waals surface area contributed by atoms with Crippen LogP contribution in [0.5, 0.6) is 0 Å². The summed E-state index contributed by atoms with van der Waals surface area (Å²) >= 11 is 0. The minimum Gasteiger partial charge on any atom is -0.420 e. The number of aromatic nitrogens is 4. The fourth-order valence-electron chi connectivity index (χ4n) is 1.85. The van der Waals surface area contributed by atoms with Gasteiger partial charge in [0.2, 0.25) is 11.8 Å². The van der Waals surface area contributed by atoms with Crippen LogP contribution in [-0.4, -0.2) is 20.2 Å². The first-order valence-corrected chi connectivity index (χ1v) is 7.93. The van der Waals surface area contributed by atoms with Crippen LogP contribution in [0.4, 0.5) is 0 Å². The number of hydrogen-bond acceptors (Lipinski definition) is 4. The molecule has 0 aliphatic carbocycles. The average Bonchev–Trinajstić information content (AvgIpc) is 3.16. The molecule has 3 rings (SSSR count). The zero-order chi connectivity index (χ0) is 16.7. The predicted molar refractivity (Wildman–Crippen MR) is 90.9 cm³/mol. The van der Waals surface area contributed by atoms with Gasteiger partial charge in [0.05, 0.1) is 11.0 Å². The summed E-state index contributed by atoms with van der Waals surface area (Å²) in [6.07, 6.45) is 0. The third-order valence-electron chi connectivity index (χ3n) is 2.78. The molecule has 2 heterocycles. The van der Waals surface area contributed by atoms with Gasteiger partial charge < -0.3 is 9.40 Å². The highest BCUT2D eigenvalue weighted by molar-refractivity contribution is 5.80. The number of aromatic amines is 1. The number of H-pyrrole nitrogens is 1. The molecule has 5 heteroatoms. The lowest BCUT2D eigenvalue weighted by atomic mass is 10.2. The summed E-state index contributed by atoms with van der Waals surface area (Å²) in [7, 11) is 0. The first-order chi connectivity index (χ1) is 10.6. The molecular formula is C17H26N4O. The molecule has 0 unspecified atom stereocenters. The highest BCUT2D eigenvalue weighted by Crippen LogP contribution is 2.24. The van der Waals surface area contributed by atoms with E-state index in [1.54, 1.807) is 0 Å². The van der Waals surface area contributed by atoms with Gasteiger partial charge in [0.15, 0.2) is 0 Å². The number of hydrogen-bond donors (Lipinski definition) is 1. The summed E-state index contributed by atoms with van der Waals surface area (Å²) in [4.78, 5) is 7.56. The van der Waals surface area contributed by atoms with E-state index < -0.39 is 0 Å². The van der Waals surface area contributed by atoms with Gasteiger partial charge in [0.25, 0.3) is 0 Å². The van der Waals surface area contributed by atoms with Crippen LogP contribution in [-0.2, 0) is 0 Å². The van der Waals surface area contributed by atoms with E-state index in [-0.39, 0.29) is 5.92 Å². The molecule has 5 nitrogen and oxygen atoms in total. The summed E-state index contributed by atoms with van der Waals surface area (Å²) in [6.45, 7) is 14.0. The van der Waals surface area contributed by atoms with Gasteiger partial charge in [-0.3, -0.25) is 0 Å². The predicted octanol–water partition coefficient (Wildman–Crippen LogP) is 5.10. The largest absolute Gasteiger partial charge is 0.420 e. The quantitative estimate of drug-likeness (QED) is 0.715. The van der Waals surface area contributed by atoms with Crippen LogP contribution >= 0.6 is 0 Å². The van der Waals surface area contributed by atoms with Gasteiger partial charge in [-0.1, -0.05) is 41.5 Å². The maximum atomic E-state index is 5.63. The van der Waals surface area contributed by atoms with Crippen molar-refractivity contribution in [3.63, 3.8) is 0 Å². The van der Waals surface area contributed by atoms with E-state index in [0.717, 1.165) is 22.4 Å². The summed E-state index contributed by atoms with van der Waals surface area (Å²) in [5, 5.41) is 8.11. The van der Waals surface area contributed by atoms with Crippen LogP contribution in [0.2, 0.25) is 0 Å². The van der Waals surface area contributed by atoms with E-state index in [1.807, 2.05) is 66.7 Å². The smallest absolute Gasteiger partial charge is 0.247 e. The molecule has 0 bridgehead atoms. The topological polar surface area (TPSA) is 67.6 Å². The molecule has 1 aromatic carbocycles. The molecule has 0 aliphatic heterocycles. The van der Waals surface area contributed by atoms with Gasteiger partial charge in [0, 0.05) is 11.5 Å². The van der Waals surface area contributed by atoms with E-state index in [4.69, 9.17) is 4.42 Å². The zero-order valence-corrected chi connectivity index (χ0v) is 14.6. The van der Waals surface area contributed by atoms with Crippen molar-refractivity contribution in [3.8, 4) is 11.5 Å². The Kier molecular flexibility index (Phi) is 6.76. The molecule has 120 valence electrons. The third-order valence-corrected chi connectivity index (χ3v) is 2.78.